The second-order valence-electron chi connectivity index (χ2n) is 6.35. The number of hydrogen-bond donors (Lipinski definition) is 2. The third-order valence-corrected chi connectivity index (χ3v) is 3.17. The zero-order chi connectivity index (χ0) is 14.6. The van der Waals surface area contributed by atoms with Gasteiger partial charge in [-0.05, 0) is 45.6 Å². The summed E-state index contributed by atoms with van der Waals surface area (Å²) in [5.74, 6) is 0.569. The molecule has 1 atom stereocenters. The van der Waals surface area contributed by atoms with Gasteiger partial charge in [0, 0.05) is 24.7 Å². The Labute approximate surface area is 120 Å². The topological polar surface area (TPSA) is 63.5 Å². The van der Waals surface area contributed by atoms with Crippen LogP contribution in [-0.2, 0) is 11.3 Å². The van der Waals surface area contributed by atoms with Gasteiger partial charge in [0.05, 0.1) is 12.5 Å². The maximum Gasteiger partial charge on any atom is 0.407 e. The van der Waals surface area contributed by atoms with Gasteiger partial charge in [-0.15, -0.1) is 0 Å². The van der Waals surface area contributed by atoms with Crippen LogP contribution in [0.25, 0.3) is 0 Å². The summed E-state index contributed by atoms with van der Waals surface area (Å²) in [6.45, 7) is 7.10. The quantitative estimate of drug-likeness (QED) is 0.841. The molecule has 0 bridgehead atoms. The van der Waals surface area contributed by atoms with E-state index in [0.29, 0.717) is 5.92 Å². The van der Waals surface area contributed by atoms with Gasteiger partial charge in [0.1, 0.15) is 5.60 Å². The average molecular weight is 280 g/mol. The normalized spacial score (nSPS) is 16.8. The lowest BCUT2D eigenvalue weighted by atomic mass is 10.2. The van der Waals surface area contributed by atoms with Crippen molar-refractivity contribution in [3.63, 3.8) is 0 Å². The maximum absolute atomic E-state index is 11.8. The molecule has 1 unspecified atom stereocenters. The fourth-order valence-corrected chi connectivity index (χ4v) is 2.06. The predicted molar refractivity (Wildman–Crippen MR) is 76.3 cm³/mol. The van der Waals surface area contributed by atoms with Gasteiger partial charge in [0.25, 0.3) is 0 Å². The summed E-state index contributed by atoms with van der Waals surface area (Å²) >= 11 is 0. The molecule has 1 aromatic heterocycles. The number of hydrogen-bond acceptors (Lipinski definition) is 4. The average Bonchev–Trinajstić information content (AvgIpc) is 3.04. The van der Waals surface area contributed by atoms with Crippen LogP contribution < -0.4 is 10.6 Å². The molecule has 5 heteroatoms. The summed E-state index contributed by atoms with van der Waals surface area (Å²) < 4.78 is 10.3. The van der Waals surface area contributed by atoms with Gasteiger partial charge in [0.2, 0.25) is 0 Å². The van der Waals surface area contributed by atoms with E-state index in [0.717, 1.165) is 18.7 Å². The Morgan fingerprint density at radius 1 is 1.50 bits per heavy atom. The first-order valence-electron chi connectivity index (χ1n) is 7.15. The van der Waals surface area contributed by atoms with Crippen molar-refractivity contribution < 1.29 is 13.9 Å². The van der Waals surface area contributed by atoms with Gasteiger partial charge in [0.15, 0.2) is 0 Å². The lowest BCUT2D eigenvalue weighted by molar-refractivity contribution is 0.0497. The predicted octanol–water partition coefficient (Wildman–Crippen LogP) is 2.67. The summed E-state index contributed by atoms with van der Waals surface area (Å²) in [6.07, 6.45) is 5.40. The minimum absolute atomic E-state index is 0.136. The highest BCUT2D eigenvalue weighted by Crippen LogP contribution is 2.32. The monoisotopic (exact) mass is 280 g/mol. The largest absolute Gasteiger partial charge is 0.472 e. The first-order chi connectivity index (χ1) is 9.44. The van der Waals surface area contributed by atoms with E-state index in [9.17, 15) is 4.79 Å². The van der Waals surface area contributed by atoms with Crippen molar-refractivity contribution in [2.24, 2.45) is 5.92 Å². The van der Waals surface area contributed by atoms with E-state index in [1.165, 1.54) is 12.8 Å². The van der Waals surface area contributed by atoms with E-state index in [-0.39, 0.29) is 12.1 Å². The zero-order valence-corrected chi connectivity index (χ0v) is 12.4. The molecule has 112 valence electrons. The Bertz CT molecular complexity index is 419. The van der Waals surface area contributed by atoms with Crippen LogP contribution in [0.2, 0.25) is 0 Å². The van der Waals surface area contributed by atoms with Crippen LogP contribution in [0.5, 0.6) is 0 Å². The van der Waals surface area contributed by atoms with Crippen molar-refractivity contribution in [1.29, 1.82) is 0 Å². The number of rotatable bonds is 6. The highest BCUT2D eigenvalue weighted by atomic mass is 16.6. The van der Waals surface area contributed by atoms with Gasteiger partial charge in [-0.25, -0.2) is 4.79 Å². The second-order valence-corrected chi connectivity index (χ2v) is 6.35. The van der Waals surface area contributed by atoms with Gasteiger partial charge in [-0.3, -0.25) is 0 Å². The molecular weight excluding hydrogens is 256 g/mol. The van der Waals surface area contributed by atoms with E-state index >= 15 is 0 Å². The molecule has 1 aliphatic rings. The molecule has 0 saturated heterocycles. The van der Waals surface area contributed by atoms with Crippen LogP contribution in [0.4, 0.5) is 4.79 Å². The van der Waals surface area contributed by atoms with E-state index in [2.05, 4.69) is 10.6 Å². The molecule has 5 nitrogen and oxygen atoms in total. The summed E-state index contributed by atoms with van der Waals surface area (Å²) in [6, 6.07) is 2.07. The summed E-state index contributed by atoms with van der Waals surface area (Å²) in [5, 5.41) is 6.32. The SMILES string of the molecule is CC(C)(C)OC(=O)NC(CNCc1ccoc1)C1CC1. The van der Waals surface area contributed by atoms with E-state index in [1.807, 2.05) is 26.8 Å². The number of furan rings is 1. The molecule has 0 aromatic carbocycles. The van der Waals surface area contributed by atoms with Crippen molar-refractivity contribution in [1.82, 2.24) is 10.6 Å². The van der Waals surface area contributed by atoms with Crippen molar-refractivity contribution >= 4 is 6.09 Å². The van der Waals surface area contributed by atoms with Crippen molar-refractivity contribution in [2.75, 3.05) is 6.54 Å². The lowest BCUT2D eigenvalue weighted by Gasteiger charge is -2.23. The molecule has 1 fully saturated rings. The third kappa shape index (κ3) is 5.25. The summed E-state index contributed by atoms with van der Waals surface area (Å²) in [7, 11) is 0. The Balaban J connectivity index is 1.74. The first-order valence-corrected chi connectivity index (χ1v) is 7.15. The number of ether oxygens (including phenoxy) is 1. The van der Waals surface area contributed by atoms with E-state index in [4.69, 9.17) is 9.15 Å². The summed E-state index contributed by atoms with van der Waals surface area (Å²) in [4.78, 5) is 11.8. The molecule has 1 aromatic rings. The number of carbonyl (C=O) groups is 1. The van der Waals surface area contributed by atoms with Gasteiger partial charge in [-0.1, -0.05) is 0 Å². The Morgan fingerprint density at radius 3 is 2.80 bits per heavy atom. The van der Waals surface area contributed by atoms with Crippen LogP contribution in [-0.4, -0.2) is 24.3 Å². The van der Waals surface area contributed by atoms with Gasteiger partial charge in [-0.2, -0.15) is 0 Å². The minimum atomic E-state index is -0.456. The number of alkyl carbamates (subject to hydrolysis) is 1. The third-order valence-electron chi connectivity index (χ3n) is 3.17. The van der Waals surface area contributed by atoms with Gasteiger partial charge < -0.3 is 19.8 Å². The molecule has 2 rings (SSSR count). The highest BCUT2D eigenvalue weighted by molar-refractivity contribution is 5.68. The number of nitrogens with one attached hydrogen (secondary N) is 2. The minimum Gasteiger partial charge on any atom is -0.472 e. The molecular formula is C15H24N2O3. The van der Waals surface area contributed by atoms with Crippen LogP contribution >= 0.6 is 0 Å². The van der Waals surface area contributed by atoms with Crippen LogP contribution in [0.3, 0.4) is 0 Å². The van der Waals surface area contributed by atoms with Crippen LogP contribution in [0, 0.1) is 5.92 Å². The Hall–Kier alpha value is -1.49. The maximum atomic E-state index is 11.8. The highest BCUT2D eigenvalue weighted by Gasteiger charge is 2.33. The van der Waals surface area contributed by atoms with Crippen molar-refractivity contribution in [3.05, 3.63) is 24.2 Å². The number of amides is 1. The molecule has 1 aliphatic carbocycles. The molecule has 1 saturated carbocycles. The fraction of sp³-hybridized carbons (Fsp3) is 0.667. The molecule has 0 spiro atoms. The lowest BCUT2D eigenvalue weighted by Crippen LogP contribution is -2.45. The Kier molecular flexibility index (Phi) is 4.70. The molecule has 0 radical (unpaired) electrons. The molecule has 1 heterocycles. The molecule has 1 amide bonds. The van der Waals surface area contributed by atoms with E-state index < -0.39 is 5.60 Å². The van der Waals surface area contributed by atoms with Crippen molar-refractivity contribution in [3.8, 4) is 0 Å². The first kappa shape index (κ1) is 14.9. The smallest absolute Gasteiger partial charge is 0.407 e. The van der Waals surface area contributed by atoms with E-state index in [1.54, 1.807) is 12.5 Å². The zero-order valence-electron chi connectivity index (χ0n) is 12.4. The fourth-order valence-electron chi connectivity index (χ4n) is 2.06. The standard InChI is InChI=1S/C15H24N2O3/c1-15(2,3)20-14(18)17-13(12-4-5-12)9-16-8-11-6-7-19-10-11/h6-7,10,12-13,16H,4-5,8-9H2,1-3H3,(H,17,18). The molecule has 0 aliphatic heterocycles. The number of carbonyl (C=O) groups excluding carboxylic acids is 1. The molecule has 2 N–H and O–H groups in total. The molecule has 20 heavy (non-hydrogen) atoms. The van der Waals surface area contributed by atoms with Crippen molar-refractivity contribution in [2.45, 2.75) is 51.8 Å². The second kappa shape index (κ2) is 6.31. The summed E-state index contributed by atoms with van der Waals surface area (Å²) in [5.41, 5.74) is 0.652. The van der Waals surface area contributed by atoms with Crippen LogP contribution in [0.1, 0.15) is 39.2 Å². The Morgan fingerprint density at radius 2 is 2.25 bits per heavy atom. The van der Waals surface area contributed by atoms with Crippen LogP contribution in [0.15, 0.2) is 23.0 Å². The van der Waals surface area contributed by atoms with Gasteiger partial charge >= 0.3 is 6.09 Å².